The predicted octanol–water partition coefficient (Wildman–Crippen LogP) is 3.46. The number of nitrogens with two attached hydrogens (primary N) is 1. The van der Waals surface area contributed by atoms with Crippen LogP contribution in [0, 0.1) is 5.92 Å². The maximum Gasteiger partial charge on any atom is 0.223 e. The van der Waals surface area contributed by atoms with E-state index >= 15 is 0 Å². The highest BCUT2D eigenvalue weighted by Crippen LogP contribution is 2.47. The summed E-state index contributed by atoms with van der Waals surface area (Å²) in [6.07, 6.45) is 9.44. The van der Waals surface area contributed by atoms with Crippen LogP contribution in [0.5, 0.6) is 5.75 Å². The number of benzene rings is 1. The van der Waals surface area contributed by atoms with Crippen LogP contribution in [0.4, 0.5) is 0 Å². The quantitative estimate of drug-likeness (QED) is 0.874. The van der Waals surface area contributed by atoms with Crippen LogP contribution in [-0.4, -0.2) is 17.6 Å². The lowest BCUT2D eigenvalue weighted by Gasteiger charge is -2.40. The van der Waals surface area contributed by atoms with Crippen molar-refractivity contribution >= 4 is 5.91 Å². The van der Waals surface area contributed by atoms with Crippen molar-refractivity contribution in [1.29, 1.82) is 0 Å². The second-order valence-electron chi connectivity index (χ2n) is 7.92. The molecule has 4 nitrogen and oxygen atoms in total. The molecule has 4 heteroatoms. The Morgan fingerprint density at radius 3 is 2.75 bits per heavy atom. The van der Waals surface area contributed by atoms with E-state index in [2.05, 4.69) is 11.4 Å². The Kier molecular flexibility index (Phi) is 4.25. The van der Waals surface area contributed by atoms with Crippen molar-refractivity contribution in [2.24, 2.45) is 11.7 Å². The number of hydrogen-bond acceptors (Lipinski definition) is 3. The van der Waals surface area contributed by atoms with Crippen LogP contribution in [0.2, 0.25) is 0 Å². The minimum Gasteiger partial charge on any atom is -0.487 e. The summed E-state index contributed by atoms with van der Waals surface area (Å²) in [5.41, 5.74) is 7.12. The smallest absolute Gasteiger partial charge is 0.223 e. The minimum atomic E-state index is -0.0741. The van der Waals surface area contributed by atoms with Gasteiger partial charge in [-0.05, 0) is 51.0 Å². The lowest BCUT2D eigenvalue weighted by atomic mass is 9.83. The maximum atomic E-state index is 12.8. The average molecular weight is 328 g/mol. The molecule has 1 aromatic rings. The fourth-order valence-corrected chi connectivity index (χ4v) is 4.83. The van der Waals surface area contributed by atoms with E-state index in [1.54, 1.807) is 0 Å². The zero-order valence-electron chi connectivity index (χ0n) is 14.3. The van der Waals surface area contributed by atoms with E-state index < -0.39 is 0 Å². The fraction of sp³-hybridized carbons (Fsp3) is 0.650. The number of carbonyl (C=O) groups excluding carboxylic acids is 1. The van der Waals surface area contributed by atoms with Gasteiger partial charge in [-0.25, -0.2) is 0 Å². The first-order chi connectivity index (χ1) is 11.7. The first-order valence-electron chi connectivity index (χ1n) is 9.49. The summed E-state index contributed by atoms with van der Waals surface area (Å²) in [5.74, 6) is 1.21. The summed E-state index contributed by atoms with van der Waals surface area (Å²) < 4.78 is 6.38. The molecule has 0 bridgehead atoms. The van der Waals surface area contributed by atoms with E-state index in [1.165, 1.54) is 12.8 Å². The van der Waals surface area contributed by atoms with Crippen LogP contribution in [0.1, 0.15) is 69.4 Å². The van der Waals surface area contributed by atoms with Gasteiger partial charge in [-0.3, -0.25) is 4.79 Å². The first kappa shape index (κ1) is 15.9. The van der Waals surface area contributed by atoms with E-state index in [4.69, 9.17) is 10.5 Å². The van der Waals surface area contributed by atoms with Crippen LogP contribution >= 0.6 is 0 Å². The van der Waals surface area contributed by atoms with Gasteiger partial charge in [0.25, 0.3) is 0 Å². The highest BCUT2D eigenvalue weighted by atomic mass is 16.5. The van der Waals surface area contributed by atoms with Gasteiger partial charge in [0, 0.05) is 23.9 Å². The lowest BCUT2D eigenvalue weighted by molar-refractivity contribution is -0.127. The standard InChI is InChI=1S/C20H28N2O2/c21-15-7-5-6-14(12-15)19(23)22-17-13-20(10-3-4-11-20)24-18-9-2-1-8-16(17)18/h1-2,8-9,14-15,17H,3-7,10-13,21H2,(H,22,23). The summed E-state index contributed by atoms with van der Waals surface area (Å²) in [4.78, 5) is 12.8. The predicted molar refractivity (Wildman–Crippen MR) is 93.7 cm³/mol. The minimum absolute atomic E-state index is 0.0682. The summed E-state index contributed by atoms with van der Waals surface area (Å²) >= 11 is 0. The van der Waals surface area contributed by atoms with Crippen molar-refractivity contribution in [3.8, 4) is 5.75 Å². The molecule has 2 saturated carbocycles. The molecule has 2 fully saturated rings. The van der Waals surface area contributed by atoms with Gasteiger partial charge < -0.3 is 15.8 Å². The topological polar surface area (TPSA) is 64.4 Å². The Balaban J connectivity index is 1.53. The molecule has 3 N–H and O–H groups in total. The van der Waals surface area contributed by atoms with Crippen molar-refractivity contribution in [1.82, 2.24) is 5.32 Å². The van der Waals surface area contributed by atoms with Crippen LogP contribution in [0.3, 0.4) is 0 Å². The van der Waals surface area contributed by atoms with Crippen molar-refractivity contribution in [2.45, 2.75) is 75.5 Å². The number of rotatable bonds is 2. The third-order valence-electron chi connectivity index (χ3n) is 6.11. The summed E-state index contributed by atoms with van der Waals surface area (Å²) in [6, 6.07) is 8.44. The number of para-hydroxylation sites is 1. The van der Waals surface area contributed by atoms with E-state index in [0.717, 1.165) is 56.3 Å². The lowest BCUT2D eigenvalue weighted by Crippen LogP contribution is -2.45. The fourth-order valence-electron chi connectivity index (χ4n) is 4.83. The number of fused-ring (bicyclic) bond motifs is 1. The maximum absolute atomic E-state index is 12.8. The van der Waals surface area contributed by atoms with Gasteiger partial charge in [-0.1, -0.05) is 24.6 Å². The molecule has 1 aromatic carbocycles. The summed E-state index contributed by atoms with van der Waals surface area (Å²) in [7, 11) is 0. The highest BCUT2D eigenvalue weighted by Gasteiger charge is 2.43. The molecule has 2 aliphatic carbocycles. The largest absolute Gasteiger partial charge is 0.487 e. The third-order valence-corrected chi connectivity index (χ3v) is 6.11. The molecular formula is C20H28N2O2. The SMILES string of the molecule is NC1CCCC(C(=O)NC2CC3(CCCC3)Oc3ccccc32)C1. The van der Waals surface area contributed by atoms with Crippen molar-refractivity contribution in [3.05, 3.63) is 29.8 Å². The second kappa shape index (κ2) is 6.40. The molecule has 1 heterocycles. The summed E-state index contributed by atoms with van der Waals surface area (Å²) in [6.45, 7) is 0. The van der Waals surface area contributed by atoms with Gasteiger partial charge in [0.1, 0.15) is 11.4 Å². The van der Waals surface area contributed by atoms with Crippen LogP contribution < -0.4 is 15.8 Å². The number of amides is 1. The molecule has 24 heavy (non-hydrogen) atoms. The third kappa shape index (κ3) is 3.04. The Bertz CT molecular complexity index is 609. The molecule has 0 saturated heterocycles. The molecule has 0 radical (unpaired) electrons. The van der Waals surface area contributed by atoms with Crippen LogP contribution in [0.25, 0.3) is 0 Å². The second-order valence-corrected chi connectivity index (χ2v) is 7.92. The van der Waals surface area contributed by atoms with E-state index in [1.807, 2.05) is 18.2 Å². The molecule has 1 aliphatic heterocycles. The molecule has 0 aromatic heterocycles. The molecular weight excluding hydrogens is 300 g/mol. The number of nitrogens with one attached hydrogen (secondary N) is 1. The Morgan fingerprint density at radius 2 is 1.96 bits per heavy atom. The molecule has 4 rings (SSSR count). The number of carbonyl (C=O) groups is 1. The summed E-state index contributed by atoms with van der Waals surface area (Å²) in [5, 5.41) is 3.34. The van der Waals surface area contributed by atoms with Gasteiger partial charge in [0.2, 0.25) is 5.91 Å². The highest BCUT2D eigenvalue weighted by molar-refractivity contribution is 5.79. The van der Waals surface area contributed by atoms with Gasteiger partial charge in [-0.2, -0.15) is 0 Å². The zero-order valence-corrected chi connectivity index (χ0v) is 14.3. The molecule has 1 spiro atoms. The van der Waals surface area contributed by atoms with Crippen LogP contribution in [-0.2, 0) is 4.79 Å². The van der Waals surface area contributed by atoms with Crippen LogP contribution in [0.15, 0.2) is 24.3 Å². The van der Waals surface area contributed by atoms with E-state index in [0.29, 0.717) is 0 Å². The molecule has 3 atom stereocenters. The van der Waals surface area contributed by atoms with Gasteiger partial charge >= 0.3 is 0 Å². The van der Waals surface area contributed by atoms with Crippen molar-refractivity contribution in [2.75, 3.05) is 0 Å². The van der Waals surface area contributed by atoms with Gasteiger partial charge in [-0.15, -0.1) is 0 Å². The zero-order chi connectivity index (χ0) is 16.6. The number of ether oxygens (including phenoxy) is 1. The van der Waals surface area contributed by atoms with Gasteiger partial charge in [0.15, 0.2) is 0 Å². The van der Waals surface area contributed by atoms with Gasteiger partial charge in [0.05, 0.1) is 6.04 Å². The average Bonchev–Trinajstić information content (AvgIpc) is 3.02. The first-order valence-corrected chi connectivity index (χ1v) is 9.49. The monoisotopic (exact) mass is 328 g/mol. The Morgan fingerprint density at radius 1 is 1.17 bits per heavy atom. The molecule has 3 aliphatic rings. The molecule has 130 valence electrons. The van der Waals surface area contributed by atoms with Crippen molar-refractivity contribution < 1.29 is 9.53 Å². The number of hydrogen-bond donors (Lipinski definition) is 2. The normalized spacial score (nSPS) is 31.3. The Labute approximate surface area is 144 Å². The Hall–Kier alpha value is -1.55. The molecule has 3 unspecified atom stereocenters. The molecule has 1 amide bonds. The van der Waals surface area contributed by atoms with Crippen molar-refractivity contribution in [3.63, 3.8) is 0 Å². The van der Waals surface area contributed by atoms with E-state index in [-0.39, 0.29) is 29.5 Å². The van der Waals surface area contributed by atoms with E-state index in [9.17, 15) is 4.79 Å².